The first-order chi connectivity index (χ1) is 16.0. The van der Waals surface area contributed by atoms with Crippen LogP contribution in [-0.2, 0) is 4.79 Å². The number of nitrogens with zero attached hydrogens (tertiary/aromatic N) is 1. The molecule has 0 saturated heterocycles. The van der Waals surface area contributed by atoms with Gasteiger partial charge in [0.05, 0.1) is 11.1 Å². The maximum atomic E-state index is 12.5. The Hall–Kier alpha value is -4.26. The van der Waals surface area contributed by atoms with Gasteiger partial charge in [-0.15, -0.1) is 0 Å². The molecule has 3 N–H and O–H groups in total. The summed E-state index contributed by atoms with van der Waals surface area (Å²) in [5.41, 5.74) is 1.60. The number of nitrogens with one attached hydrogen (secondary N) is 3. The van der Waals surface area contributed by atoms with Crippen molar-refractivity contribution in [3.63, 3.8) is 0 Å². The zero-order chi connectivity index (χ0) is 23.2. The quantitative estimate of drug-likeness (QED) is 0.406. The molecule has 7 heteroatoms. The van der Waals surface area contributed by atoms with Crippen LogP contribution in [0.3, 0.4) is 0 Å². The average molecular weight is 441 g/mol. The summed E-state index contributed by atoms with van der Waals surface area (Å²) in [7, 11) is 0. The van der Waals surface area contributed by atoms with Gasteiger partial charge < -0.3 is 16.0 Å². The smallest absolute Gasteiger partial charge is 0.252 e. The topological polar surface area (TPSA) is 100 Å². The van der Waals surface area contributed by atoms with Crippen LogP contribution in [0.25, 0.3) is 21.7 Å². The number of amides is 3. The SMILES string of the molecule is CCNC(=O)c1cc(NC(=O)CCNC(=O)c2ccc3ccccc3c2)nc2ccccc12. The van der Waals surface area contributed by atoms with Crippen molar-refractivity contribution in [1.82, 2.24) is 15.6 Å². The van der Waals surface area contributed by atoms with Crippen LogP contribution in [0, 0.1) is 0 Å². The Labute approximate surface area is 191 Å². The third kappa shape index (κ3) is 5.15. The van der Waals surface area contributed by atoms with Gasteiger partial charge in [0.25, 0.3) is 11.8 Å². The molecule has 166 valence electrons. The monoisotopic (exact) mass is 440 g/mol. The van der Waals surface area contributed by atoms with Crippen molar-refractivity contribution in [2.45, 2.75) is 13.3 Å². The molecule has 4 rings (SSSR count). The predicted octanol–water partition coefficient (Wildman–Crippen LogP) is 3.90. The summed E-state index contributed by atoms with van der Waals surface area (Å²) in [6.07, 6.45) is 0.0737. The molecule has 33 heavy (non-hydrogen) atoms. The Morgan fingerprint density at radius 3 is 2.39 bits per heavy atom. The fourth-order valence-electron chi connectivity index (χ4n) is 3.61. The van der Waals surface area contributed by atoms with Crippen LogP contribution in [0.2, 0.25) is 0 Å². The molecule has 0 aliphatic carbocycles. The van der Waals surface area contributed by atoms with Crippen molar-refractivity contribution in [1.29, 1.82) is 0 Å². The lowest BCUT2D eigenvalue weighted by atomic mass is 10.1. The molecular weight excluding hydrogens is 416 g/mol. The van der Waals surface area contributed by atoms with Gasteiger partial charge in [-0.05, 0) is 42.0 Å². The van der Waals surface area contributed by atoms with Crippen LogP contribution in [0.4, 0.5) is 5.82 Å². The van der Waals surface area contributed by atoms with Crippen LogP contribution in [-0.4, -0.2) is 35.8 Å². The highest BCUT2D eigenvalue weighted by atomic mass is 16.2. The van der Waals surface area contributed by atoms with Crippen molar-refractivity contribution in [3.05, 3.63) is 83.9 Å². The number of fused-ring (bicyclic) bond motifs is 2. The predicted molar refractivity (Wildman–Crippen MR) is 129 cm³/mol. The molecule has 0 unspecified atom stereocenters. The molecule has 4 aromatic rings. The first kappa shape index (κ1) is 22.0. The summed E-state index contributed by atoms with van der Waals surface area (Å²) in [5, 5.41) is 11.0. The molecule has 7 nitrogen and oxygen atoms in total. The molecule has 0 aliphatic rings. The third-order valence-electron chi connectivity index (χ3n) is 5.21. The number of aromatic nitrogens is 1. The highest BCUT2D eigenvalue weighted by Gasteiger charge is 2.14. The first-order valence-corrected chi connectivity index (χ1v) is 10.8. The van der Waals surface area contributed by atoms with Crippen LogP contribution >= 0.6 is 0 Å². The summed E-state index contributed by atoms with van der Waals surface area (Å²) in [6, 6.07) is 22.1. The Morgan fingerprint density at radius 2 is 1.58 bits per heavy atom. The number of para-hydroxylation sites is 1. The molecule has 0 saturated carbocycles. The zero-order valence-electron chi connectivity index (χ0n) is 18.2. The Morgan fingerprint density at radius 1 is 0.818 bits per heavy atom. The van der Waals surface area contributed by atoms with Crippen LogP contribution in [0.5, 0.6) is 0 Å². The van der Waals surface area contributed by atoms with E-state index in [1.54, 1.807) is 18.2 Å². The molecule has 0 atom stereocenters. The second kappa shape index (κ2) is 9.91. The number of hydrogen-bond donors (Lipinski definition) is 3. The van der Waals surface area contributed by atoms with Crippen molar-refractivity contribution < 1.29 is 14.4 Å². The number of pyridine rings is 1. The molecule has 3 aromatic carbocycles. The highest BCUT2D eigenvalue weighted by Crippen LogP contribution is 2.21. The van der Waals surface area contributed by atoms with Crippen molar-refractivity contribution >= 4 is 45.2 Å². The van der Waals surface area contributed by atoms with Crippen LogP contribution in [0.15, 0.2) is 72.8 Å². The van der Waals surface area contributed by atoms with Gasteiger partial charge in [-0.25, -0.2) is 4.98 Å². The second-order valence-corrected chi connectivity index (χ2v) is 7.55. The second-order valence-electron chi connectivity index (χ2n) is 7.55. The van der Waals surface area contributed by atoms with E-state index in [0.29, 0.717) is 34.4 Å². The largest absolute Gasteiger partial charge is 0.352 e. The van der Waals surface area contributed by atoms with Gasteiger partial charge >= 0.3 is 0 Å². The van der Waals surface area contributed by atoms with E-state index in [2.05, 4.69) is 20.9 Å². The lowest BCUT2D eigenvalue weighted by Gasteiger charge is -2.11. The molecule has 3 amide bonds. The molecule has 0 aliphatic heterocycles. The fourth-order valence-corrected chi connectivity index (χ4v) is 3.61. The fraction of sp³-hybridized carbons (Fsp3) is 0.154. The van der Waals surface area contributed by atoms with Gasteiger partial charge in [-0.3, -0.25) is 14.4 Å². The van der Waals surface area contributed by atoms with Gasteiger partial charge in [0.15, 0.2) is 0 Å². The minimum atomic E-state index is -0.307. The Bertz CT molecular complexity index is 1350. The van der Waals surface area contributed by atoms with E-state index in [1.165, 1.54) is 0 Å². The lowest BCUT2D eigenvalue weighted by molar-refractivity contribution is -0.116. The lowest BCUT2D eigenvalue weighted by Crippen LogP contribution is -2.28. The summed E-state index contributed by atoms with van der Waals surface area (Å²) in [4.78, 5) is 41.8. The number of anilines is 1. The van der Waals surface area contributed by atoms with Crippen molar-refractivity contribution in [2.24, 2.45) is 0 Å². The number of carbonyl (C=O) groups excluding carboxylic acids is 3. The maximum Gasteiger partial charge on any atom is 0.252 e. The van der Waals surface area contributed by atoms with Gasteiger partial charge in [0, 0.05) is 30.5 Å². The molecule has 1 aromatic heterocycles. The van der Waals surface area contributed by atoms with Crippen LogP contribution in [0.1, 0.15) is 34.1 Å². The summed E-state index contributed by atoms with van der Waals surface area (Å²) in [5.74, 6) is -0.482. The van der Waals surface area contributed by atoms with Crippen molar-refractivity contribution in [3.8, 4) is 0 Å². The normalized spacial score (nSPS) is 10.7. The van der Waals surface area contributed by atoms with Gasteiger partial charge in [-0.1, -0.05) is 48.5 Å². The van der Waals surface area contributed by atoms with Crippen LogP contribution < -0.4 is 16.0 Å². The molecule has 0 radical (unpaired) electrons. The zero-order valence-corrected chi connectivity index (χ0v) is 18.2. The maximum absolute atomic E-state index is 12.5. The Balaban J connectivity index is 1.39. The molecular formula is C26H24N4O3. The van der Waals surface area contributed by atoms with E-state index < -0.39 is 0 Å². The van der Waals surface area contributed by atoms with Gasteiger partial charge in [-0.2, -0.15) is 0 Å². The molecule has 0 bridgehead atoms. The minimum Gasteiger partial charge on any atom is -0.352 e. The van der Waals surface area contributed by atoms with E-state index in [-0.39, 0.29) is 30.7 Å². The molecule has 0 spiro atoms. The number of rotatable bonds is 7. The standard InChI is InChI=1S/C26H24N4O3/c1-2-27-26(33)21-16-23(29-22-10-6-5-9-20(21)22)30-24(31)13-14-28-25(32)19-12-11-17-7-3-4-8-18(17)15-19/h3-12,15-16H,2,13-14H2,1H3,(H,27,33)(H,28,32)(H,29,30,31). The van der Waals surface area contributed by atoms with E-state index in [0.717, 1.165) is 10.8 Å². The number of benzene rings is 3. The minimum absolute atomic E-state index is 0.0737. The first-order valence-electron chi connectivity index (χ1n) is 10.8. The van der Waals surface area contributed by atoms with Crippen molar-refractivity contribution in [2.75, 3.05) is 18.4 Å². The van der Waals surface area contributed by atoms with Gasteiger partial charge in [0.2, 0.25) is 5.91 Å². The summed E-state index contributed by atoms with van der Waals surface area (Å²) < 4.78 is 0. The van der Waals surface area contributed by atoms with E-state index in [9.17, 15) is 14.4 Å². The Kier molecular flexibility index (Phi) is 6.59. The van der Waals surface area contributed by atoms with E-state index in [1.807, 2.05) is 61.5 Å². The van der Waals surface area contributed by atoms with E-state index >= 15 is 0 Å². The summed E-state index contributed by atoms with van der Waals surface area (Å²) >= 11 is 0. The summed E-state index contributed by atoms with van der Waals surface area (Å²) in [6.45, 7) is 2.51. The molecule has 1 heterocycles. The molecule has 0 fully saturated rings. The number of carbonyl (C=O) groups is 3. The third-order valence-corrected chi connectivity index (χ3v) is 5.21. The van der Waals surface area contributed by atoms with Gasteiger partial charge in [0.1, 0.15) is 5.82 Å². The number of hydrogen-bond acceptors (Lipinski definition) is 4. The highest BCUT2D eigenvalue weighted by molar-refractivity contribution is 6.07. The average Bonchev–Trinajstić information content (AvgIpc) is 2.83. The van der Waals surface area contributed by atoms with E-state index in [4.69, 9.17) is 0 Å².